The quantitative estimate of drug-likeness (QED) is 0.478. The van der Waals surface area contributed by atoms with Crippen LogP contribution in [0.1, 0.15) is 24.0 Å². The van der Waals surface area contributed by atoms with Crippen LogP contribution in [0.3, 0.4) is 0 Å². The smallest absolute Gasteiger partial charge is 0.419 e. The highest BCUT2D eigenvalue weighted by Crippen LogP contribution is 2.35. The highest BCUT2D eigenvalue weighted by Gasteiger charge is 2.35. The molecule has 4 rings (SSSR count). The van der Waals surface area contributed by atoms with Gasteiger partial charge in [0.2, 0.25) is 0 Å². The third-order valence-corrected chi connectivity index (χ3v) is 5.57. The number of nitrogens with zero attached hydrogens (tertiary/aromatic N) is 2. The molecule has 1 aliphatic carbocycles. The van der Waals surface area contributed by atoms with Gasteiger partial charge in [-0.25, -0.2) is 4.39 Å². The Labute approximate surface area is 190 Å². The zero-order valence-electron chi connectivity index (χ0n) is 17.6. The van der Waals surface area contributed by atoms with Crippen molar-refractivity contribution in [2.24, 2.45) is 0 Å². The molecule has 3 aromatic rings. The minimum Gasteiger partial charge on any atom is -0.490 e. The fourth-order valence-corrected chi connectivity index (χ4v) is 3.70. The summed E-state index contributed by atoms with van der Waals surface area (Å²) in [5, 5.41) is 5.66. The van der Waals surface area contributed by atoms with E-state index in [1.807, 2.05) is 37.5 Å². The molecule has 0 amide bonds. The summed E-state index contributed by atoms with van der Waals surface area (Å²) in [6.45, 7) is 0.632. The first-order valence-corrected chi connectivity index (χ1v) is 10.0. The monoisotopic (exact) mass is 469 g/mol. The summed E-state index contributed by atoms with van der Waals surface area (Å²) in [6.07, 6.45) is 0.0726. The Morgan fingerprint density at radius 1 is 1.09 bits per heavy atom. The molecule has 9 heteroatoms. The summed E-state index contributed by atoms with van der Waals surface area (Å²) in [7, 11) is 3.99. The summed E-state index contributed by atoms with van der Waals surface area (Å²) in [5.74, 6) is -1.26. The van der Waals surface area contributed by atoms with E-state index in [-0.39, 0.29) is 30.3 Å². The first kappa shape index (κ1) is 24.1. The molecule has 0 bridgehead atoms. The van der Waals surface area contributed by atoms with Crippen LogP contribution >= 0.6 is 12.4 Å². The predicted octanol–water partition coefficient (Wildman–Crippen LogP) is 5.58. The van der Waals surface area contributed by atoms with Gasteiger partial charge >= 0.3 is 6.18 Å². The second kappa shape index (κ2) is 9.50. The second-order valence-electron chi connectivity index (χ2n) is 8.03. The van der Waals surface area contributed by atoms with E-state index in [4.69, 9.17) is 4.74 Å². The fourth-order valence-electron chi connectivity index (χ4n) is 3.70. The first-order chi connectivity index (χ1) is 14.7. The van der Waals surface area contributed by atoms with E-state index >= 15 is 0 Å². The van der Waals surface area contributed by atoms with Gasteiger partial charge in [-0.05, 0) is 54.1 Å². The number of benzene rings is 2. The Bertz CT molecular complexity index is 1080. The molecule has 2 aromatic carbocycles. The van der Waals surface area contributed by atoms with Crippen LogP contribution in [0.2, 0.25) is 0 Å². The molecule has 0 unspecified atom stereocenters. The van der Waals surface area contributed by atoms with E-state index in [0.717, 1.165) is 34.2 Å². The van der Waals surface area contributed by atoms with Crippen molar-refractivity contribution < 1.29 is 22.3 Å². The van der Waals surface area contributed by atoms with Gasteiger partial charge in [-0.3, -0.25) is 4.98 Å². The van der Waals surface area contributed by atoms with E-state index in [0.29, 0.717) is 19.4 Å². The van der Waals surface area contributed by atoms with E-state index in [9.17, 15) is 17.6 Å². The van der Waals surface area contributed by atoms with Gasteiger partial charge in [0, 0.05) is 50.1 Å². The molecular formula is C23H24ClF4N3O. The molecule has 1 fully saturated rings. The number of hydrogen-bond acceptors (Lipinski definition) is 4. The van der Waals surface area contributed by atoms with Crippen LogP contribution in [-0.2, 0) is 12.7 Å². The topological polar surface area (TPSA) is 37.4 Å². The Balaban J connectivity index is 0.00000289. The third-order valence-electron chi connectivity index (χ3n) is 5.57. The maximum atomic E-state index is 13.4. The van der Waals surface area contributed by atoms with Gasteiger partial charge < -0.3 is 15.0 Å². The molecule has 1 aliphatic rings. The van der Waals surface area contributed by atoms with Crippen molar-refractivity contribution in [2.75, 3.05) is 19.0 Å². The zero-order valence-corrected chi connectivity index (χ0v) is 18.4. The van der Waals surface area contributed by atoms with Crippen molar-refractivity contribution in [2.45, 2.75) is 37.7 Å². The number of aromatic nitrogens is 1. The number of alkyl halides is 3. The van der Waals surface area contributed by atoms with Crippen molar-refractivity contribution in [1.82, 2.24) is 10.3 Å². The van der Waals surface area contributed by atoms with Gasteiger partial charge in [0.15, 0.2) is 0 Å². The molecule has 1 saturated carbocycles. The van der Waals surface area contributed by atoms with Crippen LogP contribution in [0.25, 0.3) is 10.8 Å². The molecule has 1 heterocycles. The molecule has 0 aliphatic heterocycles. The molecule has 0 spiro atoms. The highest BCUT2D eigenvalue weighted by atomic mass is 35.5. The molecule has 4 nitrogen and oxygen atoms in total. The summed E-state index contributed by atoms with van der Waals surface area (Å²) in [4.78, 5) is 6.36. The molecular weight excluding hydrogens is 446 g/mol. The lowest BCUT2D eigenvalue weighted by Gasteiger charge is -2.36. The molecule has 1 aromatic heterocycles. The Hall–Kier alpha value is -2.58. The standard InChI is InChI=1S/C23H23F4N3O.ClH/c1-30(2)17-4-3-14-11-28-12-15(20(14)9-17)13-29-16-7-19(8-16)31-18-5-6-22(24)21(10-18)23(25,26)27;/h3-6,9-12,16,19,29H,7-8,13H2,1-2H3;1H. The number of hydrogen-bond donors (Lipinski definition) is 1. The summed E-state index contributed by atoms with van der Waals surface area (Å²) in [6, 6.07) is 9.17. The van der Waals surface area contributed by atoms with Crippen LogP contribution in [0.4, 0.5) is 23.2 Å². The molecule has 172 valence electrons. The van der Waals surface area contributed by atoms with Crippen LogP contribution in [-0.4, -0.2) is 31.2 Å². The van der Waals surface area contributed by atoms with Crippen LogP contribution in [0, 0.1) is 5.82 Å². The number of fused-ring (bicyclic) bond motifs is 1. The zero-order chi connectivity index (χ0) is 22.2. The van der Waals surface area contributed by atoms with Crippen LogP contribution in [0.5, 0.6) is 5.75 Å². The fraction of sp³-hybridized carbons (Fsp3) is 0.348. The Morgan fingerprint density at radius 3 is 2.53 bits per heavy atom. The van der Waals surface area contributed by atoms with Crippen molar-refractivity contribution >= 4 is 28.9 Å². The number of rotatable bonds is 6. The summed E-state index contributed by atoms with van der Waals surface area (Å²) < 4.78 is 57.6. The lowest BCUT2D eigenvalue weighted by Crippen LogP contribution is -2.46. The summed E-state index contributed by atoms with van der Waals surface area (Å²) in [5.41, 5.74) is 0.882. The normalized spacial score (nSPS) is 18.1. The maximum Gasteiger partial charge on any atom is 0.419 e. The van der Waals surface area contributed by atoms with Gasteiger partial charge in [-0.1, -0.05) is 6.07 Å². The van der Waals surface area contributed by atoms with Gasteiger partial charge in [-0.2, -0.15) is 13.2 Å². The largest absolute Gasteiger partial charge is 0.490 e. The Morgan fingerprint density at radius 2 is 1.84 bits per heavy atom. The van der Waals surface area contributed by atoms with Gasteiger partial charge in [0.1, 0.15) is 17.7 Å². The van der Waals surface area contributed by atoms with Crippen molar-refractivity contribution in [1.29, 1.82) is 0 Å². The molecule has 1 N–H and O–H groups in total. The molecule has 0 saturated heterocycles. The molecule has 32 heavy (non-hydrogen) atoms. The van der Waals surface area contributed by atoms with Crippen LogP contribution < -0.4 is 15.0 Å². The summed E-state index contributed by atoms with van der Waals surface area (Å²) >= 11 is 0. The average molecular weight is 470 g/mol. The minimum absolute atomic E-state index is 0. The number of nitrogens with one attached hydrogen (secondary N) is 1. The van der Waals surface area contributed by atoms with Gasteiger partial charge in [-0.15, -0.1) is 12.4 Å². The molecule has 0 atom stereocenters. The lowest BCUT2D eigenvalue weighted by molar-refractivity contribution is -0.140. The van der Waals surface area contributed by atoms with Crippen molar-refractivity contribution in [3.05, 3.63) is 65.7 Å². The highest BCUT2D eigenvalue weighted by molar-refractivity contribution is 5.88. The number of halogens is 5. The van der Waals surface area contributed by atoms with Gasteiger partial charge in [0.25, 0.3) is 0 Å². The number of ether oxygens (including phenoxy) is 1. The third kappa shape index (κ3) is 5.24. The SMILES string of the molecule is CN(C)c1ccc2cncc(CNC3CC(Oc4ccc(F)c(C(F)(F)F)c4)C3)c2c1.Cl. The lowest BCUT2D eigenvalue weighted by atomic mass is 9.89. The van der Waals surface area contributed by atoms with E-state index in [1.165, 1.54) is 6.07 Å². The van der Waals surface area contributed by atoms with E-state index in [1.54, 1.807) is 0 Å². The maximum absolute atomic E-state index is 13.4. The van der Waals surface area contributed by atoms with Gasteiger partial charge in [0.05, 0.1) is 5.56 Å². The van der Waals surface area contributed by atoms with Crippen molar-refractivity contribution in [3.63, 3.8) is 0 Å². The van der Waals surface area contributed by atoms with Crippen LogP contribution in [0.15, 0.2) is 48.8 Å². The Kier molecular flexibility index (Phi) is 7.15. The van der Waals surface area contributed by atoms with Crippen molar-refractivity contribution in [3.8, 4) is 5.75 Å². The first-order valence-electron chi connectivity index (χ1n) is 10.0. The average Bonchev–Trinajstić information content (AvgIpc) is 2.69. The molecule has 0 radical (unpaired) electrons. The minimum atomic E-state index is -4.74. The number of pyridine rings is 1. The number of anilines is 1. The second-order valence-corrected chi connectivity index (χ2v) is 8.03. The van der Waals surface area contributed by atoms with E-state index < -0.39 is 17.6 Å². The predicted molar refractivity (Wildman–Crippen MR) is 119 cm³/mol. The van der Waals surface area contributed by atoms with E-state index in [2.05, 4.69) is 22.4 Å².